The largest absolute Gasteiger partial charge is 0.454 e. The number of aliphatic hydroxyl groups excluding tert-OH is 1. The van der Waals surface area contributed by atoms with Crippen molar-refractivity contribution >= 4 is 30.1 Å². The second-order valence-corrected chi connectivity index (χ2v) is 9.46. The molecule has 3 N–H and O–H groups in total. The molecule has 3 heterocycles. The van der Waals surface area contributed by atoms with E-state index < -0.39 is 31.8 Å². The van der Waals surface area contributed by atoms with Gasteiger partial charge >= 0.3 is 5.97 Å². The second-order valence-electron chi connectivity index (χ2n) is 9.46. The molecule has 1 aliphatic rings. The molecule has 0 aliphatic carbocycles. The first kappa shape index (κ1) is 28.3. The van der Waals surface area contributed by atoms with Crippen LogP contribution in [-0.2, 0) is 31.8 Å². The van der Waals surface area contributed by atoms with Crippen LogP contribution >= 0.6 is 12.4 Å². The van der Waals surface area contributed by atoms with Crippen molar-refractivity contribution < 1.29 is 37.9 Å². The lowest BCUT2D eigenvalue weighted by Gasteiger charge is -2.12. The van der Waals surface area contributed by atoms with Gasteiger partial charge < -0.3 is 25.3 Å². The molecule has 1 aliphatic heterocycles. The van der Waals surface area contributed by atoms with Gasteiger partial charge in [-0.2, -0.15) is 10.4 Å². The van der Waals surface area contributed by atoms with Gasteiger partial charge in [0, 0.05) is 30.2 Å². The molecule has 2 aromatic heterocycles. The van der Waals surface area contributed by atoms with Crippen LogP contribution in [0.5, 0.6) is 0 Å². The average Bonchev–Trinajstić information content (AvgIpc) is 3.75. The molecule has 12 nitrogen and oxygen atoms in total. The molecular weight excluding hydrogens is 622 g/mol. The molecule has 1 amide bonds. The molecule has 0 saturated carbocycles. The maximum Gasteiger partial charge on any atom is 0.339 e. The van der Waals surface area contributed by atoms with Crippen molar-refractivity contribution in [3.05, 3.63) is 111 Å². The predicted molar refractivity (Wildman–Crippen MR) is 168 cm³/mol. The Labute approximate surface area is 280 Å². The average molecular weight is 663 g/mol. The van der Waals surface area contributed by atoms with Gasteiger partial charge in [-0.25, -0.2) is 18.3 Å². The number of rotatable bonds is 6. The Hall–Kier alpha value is -5.15. The molecule has 46 heavy (non-hydrogen) atoms. The SMILES string of the molecule is C[C@@H]1OC(=O)c2ccc(F)cc21.Cl.[2H]C([2H])([2H])n1nc(CNC(=O)c2ccc(F)cc2[C@H](C)O)cc1C#N.[2H]C([2H])([2H])n1nc(CNC)cc1[N+]#[C-].[HH]. The number of hydrogen-bond acceptors (Lipinski definition) is 8. The molecule has 0 fully saturated rings. The van der Waals surface area contributed by atoms with E-state index in [0.717, 1.165) is 16.8 Å². The van der Waals surface area contributed by atoms with Gasteiger partial charge in [0.15, 0.2) is 0 Å². The molecule has 0 radical (unpaired) electrons. The lowest BCUT2D eigenvalue weighted by Crippen LogP contribution is -2.24. The lowest BCUT2D eigenvalue weighted by molar-refractivity contribution is 0.0421. The molecule has 0 saturated heterocycles. The number of ether oxygens (including phenoxy) is 1. The molecule has 244 valence electrons. The van der Waals surface area contributed by atoms with Crippen LogP contribution in [-0.4, -0.2) is 43.6 Å². The molecule has 0 bridgehead atoms. The molecule has 0 unspecified atom stereocenters. The summed E-state index contributed by atoms with van der Waals surface area (Å²) in [6.07, 6.45) is -1.36. The summed E-state index contributed by atoms with van der Waals surface area (Å²) >= 11 is 0. The predicted octanol–water partition coefficient (Wildman–Crippen LogP) is 4.83. The van der Waals surface area contributed by atoms with Crippen LogP contribution in [0, 0.1) is 29.5 Å². The third-order valence-corrected chi connectivity index (χ3v) is 6.18. The maximum atomic E-state index is 13.3. The number of nitrogens with one attached hydrogen (secondary N) is 2. The number of carbonyl (C=O) groups excluding carboxylic acids is 2. The number of hydrogen-bond donors (Lipinski definition) is 3. The van der Waals surface area contributed by atoms with Crippen LogP contribution in [0.2, 0.25) is 0 Å². The lowest BCUT2D eigenvalue weighted by atomic mass is 10.0. The second kappa shape index (κ2) is 16.8. The van der Waals surface area contributed by atoms with E-state index in [9.17, 15) is 23.5 Å². The number of cyclic esters (lactones) is 1. The topological polar surface area (TPSA) is 151 Å². The van der Waals surface area contributed by atoms with Gasteiger partial charge in [0.1, 0.15) is 29.5 Å². The van der Waals surface area contributed by atoms with E-state index in [-0.39, 0.29) is 66.6 Å². The first-order valence-electron chi connectivity index (χ1n) is 16.2. The number of nitriles is 1. The van der Waals surface area contributed by atoms with Gasteiger partial charge in [0.25, 0.3) is 11.7 Å². The summed E-state index contributed by atoms with van der Waals surface area (Å²) in [6, 6.07) is 11.9. The Bertz CT molecular complexity index is 1990. The Balaban J connectivity index is 0.000000425. The van der Waals surface area contributed by atoms with Crippen molar-refractivity contribution in [2.75, 3.05) is 7.05 Å². The van der Waals surface area contributed by atoms with E-state index in [2.05, 4.69) is 25.7 Å². The Morgan fingerprint density at radius 2 is 1.83 bits per heavy atom. The Morgan fingerprint density at radius 1 is 1.17 bits per heavy atom. The number of nitrogens with zero attached hydrogens (tertiary/aromatic N) is 6. The maximum absolute atomic E-state index is 13.3. The normalized spacial score (nSPS) is 15.7. The Kier molecular flexibility index (Phi) is 10.3. The minimum Gasteiger partial charge on any atom is -0.454 e. The Morgan fingerprint density at radius 3 is 2.41 bits per heavy atom. The van der Waals surface area contributed by atoms with Crippen LogP contribution < -0.4 is 10.6 Å². The molecule has 2 aromatic carbocycles. The summed E-state index contributed by atoms with van der Waals surface area (Å²) in [5.41, 5.74) is 1.91. The standard InChI is InChI=1S/C15H15FN4O2.C9H7FO2.C7H10N4.ClH.H2/c1-9(21)14-5-10(16)3-4-13(14)15(22)18-8-11-6-12(7-17)20(2)19-11;1-5-8-4-6(10)2-3-7(8)9(11)12-5;1-8-5-6-4-7(9-2)11(3)10-6;;/h3-6,9,21H,8H2,1-2H3,(H,18,22);2-5H,1H3;4,8H,5H2,1,3H3;2*1H/t9-;5-;;;/m00.../s1/i2D3;;3D3;;. The fourth-order valence-electron chi connectivity index (χ4n) is 4.06. The van der Waals surface area contributed by atoms with E-state index in [1.54, 1.807) is 20.0 Å². The fraction of sp³-hybridized carbons (Fsp3) is 0.290. The van der Waals surface area contributed by atoms with Crippen molar-refractivity contribution in [1.29, 1.82) is 5.26 Å². The van der Waals surface area contributed by atoms with Crippen molar-refractivity contribution in [3.63, 3.8) is 0 Å². The molecule has 2 atom stereocenters. The van der Waals surface area contributed by atoms with Gasteiger partial charge in [-0.05, 0) is 75.0 Å². The van der Waals surface area contributed by atoms with Gasteiger partial charge in [0.2, 0.25) is 0 Å². The summed E-state index contributed by atoms with van der Waals surface area (Å²) in [4.78, 5) is 26.4. The van der Waals surface area contributed by atoms with Crippen molar-refractivity contribution in [2.24, 2.45) is 14.0 Å². The number of esters is 1. The number of aryl methyl sites for hydroxylation is 2. The number of benzene rings is 2. The number of amides is 1. The van der Waals surface area contributed by atoms with Crippen LogP contribution in [0.3, 0.4) is 0 Å². The van der Waals surface area contributed by atoms with E-state index in [4.69, 9.17) is 24.8 Å². The zero-order chi connectivity index (χ0) is 38.3. The third-order valence-electron chi connectivity index (χ3n) is 6.18. The first-order chi connectivity index (χ1) is 23.8. The molecule has 15 heteroatoms. The molecule has 0 spiro atoms. The van der Waals surface area contributed by atoms with E-state index >= 15 is 0 Å². The summed E-state index contributed by atoms with van der Waals surface area (Å²) in [5.74, 6) is -1.83. The zero-order valence-electron chi connectivity index (χ0n) is 30.7. The van der Waals surface area contributed by atoms with Crippen molar-refractivity contribution in [1.82, 2.24) is 30.2 Å². The highest BCUT2D eigenvalue weighted by molar-refractivity contribution is 5.95. The number of fused-ring (bicyclic) bond motifs is 1. The van der Waals surface area contributed by atoms with E-state index in [1.165, 1.54) is 43.3 Å². The number of aliphatic hydroxyl groups is 1. The fourth-order valence-corrected chi connectivity index (χ4v) is 4.06. The summed E-state index contributed by atoms with van der Waals surface area (Å²) in [6.45, 7) is 5.26. The van der Waals surface area contributed by atoms with Gasteiger partial charge in [-0.3, -0.25) is 9.48 Å². The highest BCUT2D eigenvalue weighted by Crippen LogP contribution is 2.30. The quantitative estimate of drug-likeness (QED) is 0.196. The highest BCUT2D eigenvalue weighted by Gasteiger charge is 2.27. The third kappa shape index (κ3) is 9.42. The summed E-state index contributed by atoms with van der Waals surface area (Å²) in [7, 11) is 1.73. The molecular formula is C31H35ClF2N8O4. The van der Waals surface area contributed by atoms with Crippen molar-refractivity contribution in [2.45, 2.75) is 39.1 Å². The highest BCUT2D eigenvalue weighted by atomic mass is 35.5. The van der Waals surface area contributed by atoms with Gasteiger partial charge in [-0.1, -0.05) is 6.57 Å². The zero-order valence-corrected chi connectivity index (χ0v) is 25.5. The van der Waals surface area contributed by atoms with Gasteiger partial charge in [-0.15, -0.1) is 17.5 Å². The summed E-state index contributed by atoms with van der Waals surface area (Å²) < 4.78 is 75.6. The number of halogens is 3. The molecule has 5 rings (SSSR count). The van der Waals surface area contributed by atoms with Crippen molar-refractivity contribution in [3.8, 4) is 6.07 Å². The van der Waals surface area contributed by atoms with Gasteiger partial charge in [0.05, 0.1) is 40.7 Å². The smallest absolute Gasteiger partial charge is 0.339 e. The van der Waals surface area contributed by atoms with E-state index in [1.807, 2.05) is 0 Å². The van der Waals surface area contributed by atoms with Crippen LogP contribution in [0.25, 0.3) is 4.85 Å². The van der Waals surface area contributed by atoms with Crippen LogP contribution in [0.15, 0.2) is 48.5 Å². The number of aromatic nitrogens is 4. The minimum absolute atomic E-state index is 0. The molecule has 4 aromatic rings. The monoisotopic (exact) mass is 662 g/mol. The summed E-state index contributed by atoms with van der Waals surface area (Å²) in [5, 5.41) is 31.6. The first-order valence-corrected chi connectivity index (χ1v) is 13.2. The van der Waals surface area contributed by atoms with Crippen LogP contribution in [0.4, 0.5) is 14.6 Å². The number of carbonyl (C=O) groups is 2. The van der Waals surface area contributed by atoms with E-state index in [0.29, 0.717) is 28.0 Å². The minimum atomic E-state index is -2.61. The van der Waals surface area contributed by atoms with Crippen LogP contribution in [0.1, 0.15) is 84.6 Å².